The Kier molecular flexibility index (Phi) is 8.82. The molecule has 7 aromatic carbocycles. The number of para-hydroxylation sites is 2. The molecule has 2 aromatic heterocycles. The molecule has 260 valence electrons. The Morgan fingerprint density at radius 2 is 1.11 bits per heavy atom. The zero-order valence-electron chi connectivity index (χ0n) is 30.7. The summed E-state index contributed by atoms with van der Waals surface area (Å²) in [7, 11) is 0. The van der Waals surface area contributed by atoms with E-state index in [1.165, 1.54) is 60.9 Å². The summed E-state index contributed by atoms with van der Waals surface area (Å²) >= 11 is 0. The van der Waals surface area contributed by atoms with Crippen LogP contribution in [-0.2, 0) is 12.8 Å². The molecular weight excluding hydrogens is 655 g/mol. The second kappa shape index (κ2) is 14.4. The van der Waals surface area contributed by atoms with Crippen LogP contribution in [0.25, 0.3) is 60.9 Å². The van der Waals surface area contributed by atoms with Gasteiger partial charge in [-0.1, -0.05) is 117 Å². The highest BCUT2D eigenvalue weighted by molar-refractivity contribution is 6.10. The van der Waals surface area contributed by atoms with Crippen LogP contribution >= 0.6 is 0 Å². The Hall–Kier alpha value is -6.71. The van der Waals surface area contributed by atoms with Gasteiger partial charge < -0.3 is 9.47 Å². The molecule has 0 aliphatic heterocycles. The second-order valence-electron chi connectivity index (χ2n) is 13.8. The number of nitrogens with zero attached hydrogens (tertiary/aromatic N) is 3. The lowest BCUT2D eigenvalue weighted by Crippen LogP contribution is -2.11. The van der Waals surface area contributed by atoms with Crippen LogP contribution in [-0.4, -0.2) is 9.55 Å². The summed E-state index contributed by atoms with van der Waals surface area (Å²) in [5.74, 6) is 0. The summed E-state index contributed by atoms with van der Waals surface area (Å²) in [4.78, 5) is 6.79. The highest BCUT2D eigenvalue weighted by Crippen LogP contribution is 2.41. The molecule has 54 heavy (non-hydrogen) atoms. The van der Waals surface area contributed by atoms with Gasteiger partial charge in [0, 0.05) is 51.5 Å². The molecule has 0 spiro atoms. The number of hydrogen-bond donors (Lipinski definition) is 0. The SMILES string of the molecule is CCc1ccccc1-c1ccc(N(c2ccc(-c3ccc4c(c3)c3ccccc3n4-c3ccccc3)cc2)c2cccc(-c3cccnc3)c2)cc1CC. The Bertz CT molecular complexity index is 2730. The molecule has 0 aliphatic rings. The van der Waals surface area contributed by atoms with Crippen LogP contribution in [0.4, 0.5) is 17.1 Å². The van der Waals surface area contributed by atoms with Gasteiger partial charge in [-0.25, -0.2) is 0 Å². The molecule has 9 aromatic rings. The molecule has 0 N–H and O–H groups in total. The van der Waals surface area contributed by atoms with Crippen LogP contribution in [0.5, 0.6) is 0 Å². The van der Waals surface area contributed by atoms with Gasteiger partial charge in [0.25, 0.3) is 0 Å². The normalized spacial score (nSPS) is 11.3. The minimum atomic E-state index is 0.937. The van der Waals surface area contributed by atoms with Gasteiger partial charge in [-0.3, -0.25) is 4.98 Å². The fourth-order valence-corrected chi connectivity index (χ4v) is 7.98. The van der Waals surface area contributed by atoms with E-state index in [-0.39, 0.29) is 0 Å². The molecule has 0 saturated carbocycles. The number of rotatable bonds is 9. The van der Waals surface area contributed by atoms with E-state index in [0.717, 1.165) is 41.0 Å². The second-order valence-corrected chi connectivity index (χ2v) is 13.8. The van der Waals surface area contributed by atoms with Gasteiger partial charge in [0.2, 0.25) is 0 Å². The van der Waals surface area contributed by atoms with Crippen molar-refractivity contribution < 1.29 is 0 Å². The molecule has 3 heteroatoms. The quantitative estimate of drug-likeness (QED) is 0.150. The summed E-state index contributed by atoms with van der Waals surface area (Å²) in [6.45, 7) is 4.49. The van der Waals surface area contributed by atoms with Crippen molar-refractivity contribution in [2.45, 2.75) is 26.7 Å². The summed E-state index contributed by atoms with van der Waals surface area (Å²) in [5, 5.41) is 2.51. The Morgan fingerprint density at radius 1 is 0.444 bits per heavy atom. The van der Waals surface area contributed by atoms with E-state index in [0.29, 0.717) is 0 Å². The van der Waals surface area contributed by atoms with Gasteiger partial charge >= 0.3 is 0 Å². The molecule has 0 fully saturated rings. The van der Waals surface area contributed by atoms with Gasteiger partial charge in [0.1, 0.15) is 0 Å². The maximum absolute atomic E-state index is 4.40. The molecule has 0 saturated heterocycles. The van der Waals surface area contributed by atoms with E-state index >= 15 is 0 Å². The van der Waals surface area contributed by atoms with Gasteiger partial charge in [0.15, 0.2) is 0 Å². The standard InChI is InChI=1S/C51H41N3/c1-3-36-14-8-9-20-46(36)47-29-28-45(32-37(47)4-2)53(44-19-12-15-39(33-44)41-16-13-31-52-35-41)43-26-23-38(24-27-43)40-25-30-51-49(34-40)48-21-10-11-22-50(48)54(51)42-17-6-5-7-18-42/h5-35H,3-4H2,1-2H3. The third kappa shape index (κ3) is 6.04. The van der Waals surface area contributed by atoms with Crippen molar-refractivity contribution in [1.82, 2.24) is 9.55 Å². The Morgan fingerprint density at radius 3 is 1.93 bits per heavy atom. The first-order chi connectivity index (χ1) is 26.7. The fourth-order valence-electron chi connectivity index (χ4n) is 7.98. The van der Waals surface area contributed by atoms with Crippen LogP contribution in [0.15, 0.2) is 188 Å². The third-order valence-corrected chi connectivity index (χ3v) is 10.7. The van der Waals surface area contributed by atoms with E-state index in [2.05, 4.69) is 198 Å². The third-order valence-electron chi connectivity index (χ3n) is 10.7. The first kappa shape index (κ1) is 33.1. The molecule has 9 rings (SSSR count). The molecule has 0 amide bonds. The summed E-state index contributed by atoms with van der Waals surface area (Å²) in [6.07, 6.45) is 5.70. The molecule has 0 bridgehead atoms. The number of benzene rings is 7. The number of hydrogen-bond acceptors (Lipinski definition) is 2. The highest BCUT2D eigenvalue weighted by Gasteiger charge is 2.18. The maximum Gasteiger partial charge on any atom is 0.0541 e. The number of fused-ring (bicyclic) bond motifs is 3. The lowest BCUT2D eigenvalue weighted by Gasteiger charge is -2.27. The topological polar surface area (TPSA) is 21.1 Å². The van der Waals surface area contributed by atoms with Crippen molar-refractivity contribution in [2.75, 3.05) is 4.90 Å². The van der Waals surface area contributed by atoms with Crippen molar-refractivity contribution in [2.24, 2.45) is 0 Å². The van der Waals surface area contributed by atoms with Gasteiger partial charge in [-0.2, -0.15) is 0 Å². The maximum atomic E-state index is 4.40. The first-order valence-corrected chi connectivity index (χ1v) is 18.9. The van der Waals surface area contributed by atoms with Crippen LogP contribution in [0.3, 0.4) is 0 Å². The Balaban J connectivity index is 1.15. The molecule has 0 aliphatic carbocycles. The number of anilines is 3. The van der Waals surface area contributed by atoms with E-state index in [9.17, 15) is 0 Å². The number of aryl methyl sites for hydroxylation is 2. The van der Waals surface area contributed by atoms with Crippen molar-refractivity contribution in [1.29, 1.82) is 0 Å². The number of aromatic nitrogens is 2. The van der Waals surface area contributed by atoms with E-state index in [1.807, 2.05) is 18.5 Å². The summed E-state index contributed by atoms with van der Waals surface area (Å²) < 4.78 is 2.37. The van der Waals surface area contributed by atoms with Crippen molar-refractivity contribution in [3.05, 3.63) is 199 Å². The monoisotopic (exact) mass is 695 g/mol. The Labute approximate surface area is 317 Å². The smallest absolute Gasteiger partial charge is 0.0541 e. The van der Waals surface area contributed by atoms with Crippen LogP contribution in [0, 0.1) is 0 Å². The van der Waals surface area contributed by atoms with Crippen LogP contribution < -0.4 is 4.90 Å². The largest absolute Gasteiger partial charge is 0.310 e. The van der Waals surface area contributed by atoms with Crippen molar-refractivity contribution >= 4 is 38.9 Å². The average molecular weight is 696 g/mol. The van der Waals surface area contributed by atoms with Crippen molar-refractivity contribution in [3.63, 3.8) is 0 Å². The average Bonchev–Trinajstić information content (AvgIpc) is 3.58. The first-order valence-electron chi connectivity index (χ1n) is 18.9. The molecule has 0 radical (unpaired) electrons. The predicted molar refractivity (Wildman–Crippen MR) is 228 cm³/mol. The fraction of sp³-hybridized carbons (Fsp3) is 0.0784. The lowest BCUT2D eigenvalue weighted by atomic mass is 9.92. The molecule has 0 unspecified atom stereocenters. The minimum absolute atomic E-state index is 0.937. The van der Waals surface area contributed by atoms with Gasteiger partial charge in [-0.15, -0.1) is 0 Å². The lowest BCUT2D eigenvalue weighted by molar-refractivity contribution is 1.11. The molecule has 3 nitrogen and oxygen atoms in total. The molecule has 0 atom stereocenters. The zero-order chi connectivity index (χ0) is 36.4. The van der Waals surface area contributed by atoms with Gasteiger partial charge in [-0.05, 0) is 125 Å². The van der Waals surface area contributed by atoms with E-state index < -0.39 is 0 Å². The molecular formula is C51H41N3. The van der Waals surface area contributed by atoms with E-state index in [4.69, 9.17) is 0 Å². The minimum Gasteiger partial charge on any atom is -0.310 e. The number of pyridine rings is 1. The summed E-state index contributed by atoms with van der Waals surface area (Å²) in [6, 6.07) is 63.9. The van der Waals surface area contributed by atoms with Crippen LogP contribution in [0.1, 0.15) is 25.0 Å². The summed E-state index contributed by atoms with van der Waals surface area (Å²) in [5.41, 5.74) is 16.9. The van der Waals surface area contributed by atoms with E-state index in [1.54, 1.807) is 0 Å². The van der Waals surface area contributed by atoms with Gasteiger partial charge in [0.05, 0.1) is 11.0 Å². The molecule has 2 heterocycles. The zero-order valence-corrected chi connectivity index (χ0v) is 30.7. The predicted octanol–water partition coefficient (Wildman–Crippen LogP) is 13.8. The highest BCUT2D eigenvalue weighted by atomic mass is 15.1. The van der Waals surface area contributed by atoms with Crippen molar-refractivity contribution in [3.8, 4) is 39.1 Å². The van der Waals surface area contributed by atoms with Crippen LogP contribution in [0.2, 0.25) is 0 Å².